The van der Waals surface area contributed by atoms with Crippen LogP contribution in [0, 0.1) is 28.1 Å². The van der Waals surface area contributed by atoms with Crippen molar-refractivity contribution in [2.75, 3.05) is 26.4 Å². The van der Waals surface area contributed by atoms with E-state index < -0.39 is 172 Å². The number of fused-ring (bicyclic) bond motifs is 3. The molecular weight excluding hydrogens is 896 g/mol. The van der Waals surface area contributed by atoms with Gasteiger partial charge in [0.1, 0.15) is 91.6 Å². The molecule has 0 aromatic heterocycles. The maximum atomic E-state index is 14.7. The minimum atomic E-state index is -1.90. The van der Waals surface area contributed by atoms with Crippen molar-refractivity contribution < 1.29 is 114 Å². The van der Waals surface area contributed by atoms with Gasteiger partial charge in [0.05, 0.1) is 37.4 Å². The van der Waals surface area contributed by atoms with Crippen molar-refractivity contribution >= 4 is 5.97 Å². The summed E-state index contributed by atoms with van der Waals surface area (Å²) in [5.41, 5.74) is -2.29. The van der Waals surface area contributed by atoms with Crippen LogP contribution in [0.3, 0.4) is 0 Å². The number of hydrogen-bond acceptors (Lipinski definition) is 23. The van der Waals surface area contributed by atoms with Crippen LogP contribution in [0.25, 0.3) is 0 Å². The van der Waals surface area contributed by atoms with Crippen LogP contribution in [0.2, 0.25) is 0 Å². The van der Waals surface area contributed by atoms with Crippen LogP contribution in [0.4, 0.5) is 0 Å². The van der Waals surface area contributed by atoms with Crippen LogP contribution >= 0.6 is 0 Å². The molecule has 4 aliphatic heterocycles. The minimum Gasteiger partial charge on any atom is -0.432 e. The van der Waals surface area contributed by atoms with Gasteiger partial charge in [0, 0.05) is 0 Å². The van der Waals surface area contributed by atoms with E-state index in [2.05, 4.69) is 13.5 Å². The van der Waals surface area contributed by atoms with Crippen molar-refractivity contribution in [1.29, 1.82) is 0 Å². The summed E-state index contributed by atoms with van der Waals surface area (Å²) in [7, 11) is 0. The average Bonchev–Trinajstić information content (AvgIpc) is 3.50. The topological polar surface area (TPSA) is 374 Å². The van der Waals surface area contributed by atoms with E-state index in [1.807, 2.05) is 6.92 Å². The zero-order chi connectivity index (χ0) is 48.7. The number of rotatable bonds is 12. The Morgan fingerprint density at radius 2 is 1.01 bits per heavy atom. The Hall–Kier alpha value is -1.63. The first-order chi connectivity index (χ1) is 31.6. The molecule has 384 valence electrons. The number of carbonyl (C=O) groups excluding carboxylic acids is 1. The van der Waals surface area contributed by atoms with Crippen molar-refractivity contribution in [3.8, 4) is 0 Å². The second-order valence-electron chi connectivity index (χ2n) is 20.8. The van der Waals surface area contributed by atoms with E-state index in [-0.39, 0.29) is 17.3 Å². The molecule has 4 heterocycles. The van der Waals surface area contributed by atoms with E-state index in [0.29, 0.717) is 51.4 Å². The van der Waals surface area contributed by atoms with E-state index in [0.717, 1.165) is 12.0 Å². The molecule has 4 saturated carbocycles. The minimum absolute atomic E-state index is 0.0251. The van der Waals surface area contributed by atoms with Crippen molar-refractivity contribution in [3.63, 3.8) is 0 Å². The molecule has 8 aliphatic rings. The third-order valence-electron chi connectivity index (χ3n) is 17.1. The van der Waals surface area contributed by atoms with Gasteiger partial charge in [-0.1, -0.05) is 19.9 Å². The normalized spacial score (nSPS) is 54.5. The third-order valence-corrected chi connectivity index (χ3v) is 17.1. The number of ether oxygens (including phenoxy) is 8. The van der Waals surface area contributed by atoms with Gasteiger partial charge in [-0.15, -0.1) is 0 Å². The van der Waals surface area contributed by atoms with Gasteiger partial charge in [-0.2, -0.15) is 0 Å². The van der Waals surface area contributed by atoms with Crippen molar-refractivity contribution in [2.45, 2.75) is 200 Å². The van der Waals surface area contributed by atoms with Crippen molar-refractivity contribution in [3.05, 3.63) is 12.2 Å². The molecule has 2 bridgehead atoms. The molecule has 23 heteroatoms. The first-order valence-corrected chi connectivity index (χ1v) is 23.4. The molecule has 23 nitrogen and oxygen atoms in total. The van der Waals surface area contributed by atoms with E-state index in [1.165, 1.54) is 0 Å². The Bertz CT molecular complexity index is 1760. The predicted molar refractivity (Wildman–Crippen MR) is 219 cm³/mol. The van der Waals surface area contributed by atoms with Crippen LogP contribution in [0.1, 0.15) is 71.6 Å². The third kappa shape index (κ3) is 8.63. The van der Waals surface area contributed by atoms with Crippen molar-refractivity contribution in [2.24, 2.45) is 28.1 Å². The molecule has 8 rings (SSSR count). The lowest BCUT2D eigenvalue weighted by molar-refractivity contribution is -0.378. The van der Waals surface area contributed by atoms with Crippen LogP contribution in [-0.4, -0.2) is 232 Å². The number of esters is 1. The lowest BCUT2D eigenvalue weighted by Gasteiger charge is -2.64. The van der Waals surface area contributed by atoms with Gasteiger partial charge in [-0.05, 0) is 86.5 Å². The fraction of sp³-hybridized carbons (Fsp3) is 0.932. The van der Waals surface area contributed by atoms with E-state index in [9.17, 15) is 76.3 Å². The predicted octanol–water partition coefficient (Wildman–Crippen LogP) is -5.11. The lowest BCUT2D eigenvalue weighted by atomic mass is 9.41. The molecule has 0 aromatic rings. The van der Waals surface area contributed by atoms with Crippen LogP contribution in [0.15, 0.2) is 12.2 Å². The first-order valence-electron chi connectivity index (χ1n) is 23.4. The molecule has 8 fully saturated rings. The maximum absolute atomic E-state index is 14.7. The summed E-state index contributed by atoms with van der Waals surface area (Å²) < 4.78 is 47.6. The summed E-state index contributed by atoms with van der Waals surface area (Å²) in [6.07, 6.45) is -28.3. The van der Waals surface area contributed by atoms with E-state index in [1.54, 1.807) is 0 Å². The zero-order valence-corrected chi connectivity index (χ0v) is 37.5. The molecule has 4 aliphatic carbocycles. The standard InChI is InChI=1S/C44H70O23/c1-17-11-43-9-5-22-41(2,7-4-8-42(22,3)40(59)66-38-34(30(55)26(51)20(14-47)62-38)64-36-32(57)28(53)24(49)18(12-45)60-36)23(43)6-10-44(17,16-43)67-39-35(31(56)27(52)21(15-48)63-39)65-37-33(58)29(54)25(50)19(13-46)61-37/h18-39,45-58H,1,4-16H2,2-3H3/t18-,19-,20-,21-,22-,23-,24-,25-,26-,27-,28+,29+,30+,31+,32-,33-,34-,35-,36+,37+,38+,39+,41-,42-,43-,44+/m1/s1. The lowest BCUT2D eigenvalue weighted by Crippen LogP contribution is -2.66. The Balaban J connectivity index is 1.01. The molecule has 0 amide bonds. The second kappa shape index (κ2) is 19.4. The number of aliphatic hydroxyl groups excluding tert-OH is 14. The first kappa shape index (κ1) is 51.7. The second-order valence-corrected chi connectivity index (χ2v) is 20.8. The van der Waals surface area contributed by atoms with Gasteiger partial charge in [-0.25, -0.2) is 0 Å². The Morgan fingerprint density at radius 3 is 1.52 bits per heavy atom. The molecular formula is C44H70O23. The Morgan fingerprint density at radius 1 is 0.567 bits per heavy atom. The highest BCUT2D eigenvalue weighted by atomic mass is 16.8. The monoisotopic (exact) mass is 966 g/mol. The highest BCUT2D eigenvalue weighted by Gasteiger charge is 2.69. The maximum Gasteiger partial charge on any atom is 0.314 e. The summed E-state index contributed by atoms with van der Waals surface area (Å²) >= 11 is 0. The van der Waals surface area contributed by atoms with Crippen LogP contribution in [0.5, 0.6) is 0 Å². The van der Waals surface area contributed by atoms with Crippen molar-refractivity contribution in [1.82, 2.24) is 0 Å². The number of carbonyl (C=O) groups is 1. The summed E-state index contributed by atoms with van der Waals surface area (Å²) in [5.74, 6) is -0.927. The zero-order valence-electron chi connectivity index (χ0n) is 37.5. The molecule has 14 N–H and O–H groups in total. The smallest absolute Gasteiger partial charge is 0.314 e. The van der Waals surface area contributed by atoms with Gasteiger partial charge in [0.2, 0.25) is 6.29 Å². The summed E-state index contributed by atoms with van der Waals surface area (Å²) in [4.78, 5) is 14.7. The fourth-order valence-electron chi connectivity index (χ4n) is 13.5. The van der Waals surface area contributed by atoms with Gasteiger partial charge >= 0.3 is 5.97 Å². The molecule has 1 spiro atoms. The number of hydrogen-bond donors (Lipinski definition) is 14. The largest absolute Gasteiger partial charge is 0.432 e. The summed E-state index contributed by atoms with van der Waals surface area (Å²) in [6.45, 7) is 5.47. The SMILES string of the molecule is C=C1C[C@@]23CC[C@@H]4[C@@](C)(CCC[C@@]4(C)C(=O)O[C@@H]4O[C@H](CO)[C@@H](O)[C@H](O)[C@H]4O[C@@H]4O[C@H](CO)[C@@H](O)[C@H](O)[C@H]4O)[C@H]2CC[C@]1(O[C@@H]1O[C@H](CO)[C@@H](O)[C@H](O)[C@H]1O[C@@H]1O[C@H](CO)[C@@H](O)[C@H](O)[C@H]1O)C3. The summed E-state index contributed by atoms with van der Waals surface area (Å²) in [6, 6.07) is 0. The average molecular weight is 967 g/mol. The quantitative estimate of drug-likeness (QED) is 0.0494. The molecule has 4 saturated heterocycles. The molecule has 0 unspecified atom stereocenters. The van der Waals surface area contributed by atoms with Gasteiger partial charge in [-0.3, -0.25) is 4.79 Å². The van der Waals surface area contributed by atoms with Crippen LogP contribution < -0.4 is 0 Å². The Kier molecular flexibility index (Phi) is 15.0. The van der Waals surface area contributed by atoms with Gasteiger partial charge in [0.15, 0.2) is 25.0 Å². The highest BCUT2D eigenvalue weighted by molar-refractivity contribution is 5.77. The van der Waals surface area contributed by atoms with E-state index in [4.69, 9.17) is 37.9 Å². The molecule has 67 heavy (non-hydrogen) atoms. The fourth-order valence-corrected chi connectivity index (χ4v) is 13.5. The van der Waals surface area contributed by atoms with Crippen LogP contribution in [-0.2, 0) is 42.7 Å². The van der Waals surface area contributed by atoms with Gasteiger partial charge < -0.3 is 109 Å². The molecule has 0 radical (unpaired) electrons. The molecule has 0 aromatic carbocycles. The Labute approximate surface area is 386 Å². The number of aliphatic hydroxyl groups is 14. The van der Waals surface area contributed by atoms with Gasteiger partial charge in [0.25, 0.3) is 0 Å². The summed E-state index contributed by atoms with van der Waals surface area (Å²) in [5, 5.41) is 147. The molecule has 26 atom stereocenters. The highest BCUT2D eigenvalue weighted by Crippen LogP contribution is 2.73. The van der Waals surface area contributed by atoms with E-state index >= 15 is 0 Å².